The fourth-order valence-corrected chi connectivity index (χ4v) is 3.79. The summed E-state index contributed by atoms with van der Waals surface area (Å²) in [6.45, 7) is 1.97. The Labute approximate surface area is 147 Å². The lowest BCUT2D eigenvalue weighted by Crippen LogP contribution is -2.49. The number of esters is 1. The molecule has 0 aromatic heterocycles. The zero-order chi connectivity index (χ0) is 17.9. The molecular formula is C21H22O4. The molecule has 3 rings (SSSR count). The third-order valence-corrected chi connectivity index (χ3v) is 4.87. The molecule has 1 fully saturated rings. The van der Waals surface area contributed by atoms with Crippen LogP contribution in [0.5, 0.6) is 0 Å². The van der Waals surface area contributed by atoms with Crippen molar-refractivity contribution in [2.75, 3.05) is 6.61 Å². The number of benzene rings is 2. The van der Waals surface area contributed by atoms with Crippen LogP contribution in [-0.2, 0) is 19.9 Å². The van der Waals surface area contributed by atoms with Crippen LogP contribution in [0.4, 0.5) is 0 Å². The Morgan fingerprint density at radius 1 is 1.12 bits per heavy atom. The van der Waals surface area contributed by atoms with Crippen LogP contribution in [0.15, 0.2) is 60.7 Å². The minimum Gasteiger partial charge on any atom is -0.466 e. The van der Waals surface area contributed by atoms with Crippen LogP contribution in [0.1, 0.15) is 36.8 Å². The van der Waals surface area contributed by atoms with E-state index in [1.807, 2.05) is 36.4 Å². The molecular weight excluding hydrogens is 316 g/mol. The summed E-state index contributed by atoms with van der Waals surface area (Å²) in [7, 11) is 0. The maximum absolute atomic E-state index is 12.8. The third-order valence-electron chi connectivity index (χ3n) is 4.87. The molecule has 0 radical (unpaired) electrons. The molecule has 2 aromatic rings. The van der Waals surface area contributed by atoms with E-state index in [-0.39, 0.29) is 25.2 Å². The van der Waals surface area contributed by atoms with Gasteiger partial charge in [-0.05, 0) is 18.1 Å². The fraction of sp³-hybridized carbons (Fsp3) is 0.333. The predicted octanol–water partition coefficient (Wildman–Crippen LogP) is 3.20. The van der Waals surface area contributed by atoms with Gasteiger partial charge in [0.1, 0.15) is 11.4 Å². The number of hydrogen-bond donors (Lipinski definition) is 1. The highest BCUT2D eigenvalue weighted by atomic mass is 16.5. The van der Waals surface area contributed by atoms with Gasteiger partial charge in [0.15, 0.2) is 0 Å². The van der Waals surface area contributed by atoms with Crippen molar-refractivity contribution in [2.24, 2.45) is 5.92 Å². The Morgan fingerprint density at radius 3 is 2.32 bits per heavy atom. The Hall–Kier alpha value is -2.46. The van der Waals surface area contributed by atoms with Crippen LogP contribution >= 0.6 is 0 Å². The summed E-state index contributed by atoms with van der Waals surface area (Å²) < 4.78 is 5.28. The number of ketones is 1. The first-order valence-corrected chi connectivity index (χ1v) is 8.57. The van der Waals surface area contributed by atoms with Gasteiger partial charge >= 0.3 is 5.97 Å². The van der Waals surface area contributed by atoms with Gasteiger partial charge in [-0.25, -0.2) is 0 Å². The largest absolute Gasteiger partial charge is 0.466 e. The summed E-state index contributed by atoms with van der Waals surface area (Å²) in [4.78, 5) is 25.2. The zero-order valence-electron chi connectivity index (χ0n) is 14.2. The Morgan fingerprint density at radius 2 is 1.72 bits per heavy atom. The van der Waals surface area contributed by atoms with Gasteiger partial charge in [-0.15, -0.1) is 0 Å². The molecule has 1 aliphatic carbocycles. The Balaban J connectivity index is 2.11. The Kier molecular flexibility index (Phi) is 5.00. The first-order valence-electron chi connectivity index (χ1n) is 8.57. The SMILES string of the molecule is CCOC(=O)[C@H]1[C@H](c2ccccc2)CC(=O)C[C@]1(O)c1ccccc1. The van der Waals surface area contributed by atoms with Crippen LogP contribution in [-0.4, -0.2) is 23.5 Å². The molecule has 0 bridgehead atoms. The maximum Gasteiger partial charge on any atom is 0.312 e. The molecule has 25 heavy (non-hydrogen) atoms. The molecule has 4 nitrogen and oxygen atoms in total. The quantitative estimate of drug-likeness (QED) is 0.870. The molecule has 0 aliphatic heterocycles. The average molecular weight is 338 g/mol. The van der Waals surface area contributed by atoms with Crippen molar-refractivity contribution < 1.29 is 19.4 Å². The van der Waals surface area contributed by atoms with E-state index in [1.54, 1.807) is 31.2 Å². The van der Waals surface area contributed by atoms with Crippen molar-refractivity contribution in [2.45, 2.75) is 31.3 Å². The van der Waals surface area contributed by atoms with Gasteiger partial charge in [0.25, 0.3) is 0 Å². The van der Waals surface area contributed by atoms with Gasteiger partial charge in [-0.2, -0.15) is 0 Å². The summed E-state index contributed by atoms with van der Waals surface area (Å²) >= 11 is 0. The van der Waals surface area contributed by atoms with Crippen molar-refractivity contribution >= 4 is 11.8 Å². The topological polar surface area (TPSA) is 63.6 Å². The van der Waals surface area contributed by atoms with Gasteiger partial charge in [0.05, 0.1) is 12.5 Å². The highest BCUT2D eigenvalue weighted by molar-refractivity contribution is 5.87. The van der Waals surface area contributed by atoms with E-state index in [9.17, 15) is 14.7 Å². The van der Waals surface area contributed by atoms with Crippen LogP contribution in [0, 0.1) is 5.92 Å². The normalized spacial score (nSPS) is 26.2. The molecule has 1 saturated carbocycles. The van der Waals surface area contributed by atoms with Gasteiger partial charge in [-0.1, -0.05) is 60.7 Å². The molecule has 130 valence electrons. The smallest absolute Gasteiger partial charge is 0.312 e. The summed E-state index contributed by atoms with van der Waals surface area (Å²) in [6.07, 6.45) is 0.145. The number of ether oxygens (including phenoxy) is 1. The van der Waals surface area contributed by atoms with E-state index in [0.29, 0.717) is 5.56 Å². The average Bonchev–Trinajstić information content (AvgIpc) is 2.62. The van der Waals surface area contributed by atoms with Crippen molar-refractivity contribution in [1.82, 2.24) is 0 Å². The van der Waals surface area contributed by atoms with Crippen molar-refractivity contribution in [3.05, 3.63) is 71.8 Å². The summed E-state index contributed by atoms with van der Waals surface area (Å²) in [5.74, 6) is -1.75. The number of aliphatic hydroxyl groups is 1. The van der Waals surface area contributed by atoms with E-state index in [1.165, 1.54) is 0 Å². The minimum absolute atomic E-state index is 0.0549. The summed E-state index contributed by atoms with van der Waals surface area (Å²) in [5.41, 5.74) is -0.131. The van der Waals surface area contributed by atoms with E-state index < -0.39 is 23.4 Å². The minimum atomic E-state index is -1.57. The van der Waals surface area contributed by atoms with E-state index in [2.05, 4.69) is 0 Å². The Bertz CT molecular complexity index is 741. The number of carbonyl (C=O) groups is 2. The maximum atomic E-state index is 12.8. The predicted molar refractivity (Wildman–Crippen MR) is 93.9 cm³/mol. The number of hydrogen-bond acceptors (Lipinski definition) is 4. The van der Waals surface area contributed by atoms with Crippen molar-refractivity contribution in [3.8, 4) is 0 Å². The van der Waals surface area contributed by atoms with Gasteiger partial charge in [-0.3, -0.25) is 9.59 Å². The lowest BCUT2D eigenvalue weighted by Gasteiger charge is -2.43. The first-order chi connectivity index (χ1) is 12.1. The van der Waals surface area contributed by atoms with Crippen molar-refractivity contribution in [1.29, 1.82) is 0 Å². The molecule has 4 heteroatoms. The van der Waals surface area contributed by atoms with Gasteiger partial charge in [0.2, 0.25) is 0 Å². The second-order valence-corrected chi connectivity index (χ2v) is 6.46. The number of Topliss-reactive ketones (excluding diaryl/α,β-unsaturated/α-hetero) is 1. The lowest BCUT2D eigenvalue weighted by molar-refractivity contribution is -0.167. The molecule has 0 saturated heterocycles. The van der Waals surface area contributed by atoms with E-state index >= 15 is 0 Å². The lowest BCUT2D eigenvalue weighted by atomic mass is 9.63. The monoisotopic (exact) mass is 338 g/mol. The van der Waals surface area contributed by atoms with Crippen LogP contribution in [0.3, 0.4) is 0 Å². The second-order valence-electron chi connectivity index (χ2n) is 6.46. The summed E-state index contributed by atoms with van der Waals surface area (Å²) in [5, 5.41) is 11.5. The second kappa shape index (κ2) is 7.19. The number of rotatable bonds is 4. The van der Waals surface area contributed by atoms with Crippen molar-refractivity contribution in [3.63, 3.8) is 0 Å². The molecule has 0 amide bonds. The van der Waals surface area contributed by atoms with Crippen LogP contribution < -0.4 is 0 Å². The molecule has 0 unspecified atom stereocenters. The van der Waals surface area contributed by atoms with E-state index in [4.69, 9.17) is 4.74 Å². The standard InChI is InChI=1S/C21H22O4/c1-2-25-20(23)19-18(15-9-5-3-6-10-15)13-17(22)14-21(19,24)16-11-7-4-8-12-16/h3-12,18-19,24H,2,13-14H2,1H3/t18-,19+,21-/m0/s1. The molecule has 2 aromatic carbocycles. The van der Waals surface area contributed by atoms with Crippen LogP contribution in [0.2, 0.25) is 0 Å². The molecule has 0 heterocycles. The van der Waals surface area contributed by atoms with Gasteiger partial charge in [0, 0.05) is 18.8 Å². The first kappa shape index (κ1) is 17.4. The zero-order valence-corrected chi connectivity index (χ0v) is 14.2. The number of carbonyl (C=O) groups excluding carboxylic acids is 2. The fourth-order valence-electron chi connectivity index (χ4n) is 3.79. The molecule has 0 spiro atoms. The van der Waals surface area contributed by atoms with Crippen LogP contribution in [0.25, 0.3) is 0 Å². The summed E-state index contributed by atoms with van der Waals surface area (Å²) in [6, 6.07) is 18.4. The highest BCUT2D eigenvalue weighted by Crippen LogP contribution is 2.48. The molecule has 3 atom stereocenters. The third kappa shape index (κ3) is 3.35. The molecule has 1 N–H and O–H groups in total. The van der Waals surface area contributed by atoms with Gasteiger partial charge < -0.3 is 9.84 Å². The molecule has 1 aliphatic rings. The highest BCUT2D eigenvalue weighted by Gasteiger charge is 2.53. The van der Waals surface area contributed by atoms with E-state index in [0.717, 1.165) is 5.56 Å².